The van der Waals surface area contributed by atoms with Gasteiger partial charge in [0.2, 0.25) is 5.60 Å². The van der Waals surface area contributed by atoms with Crippen molar-refractivity contribution >= 4 is 37.0 Å². The molecule has 2 fully saturated rings. The third kappa shape index (κ3) is 7.29. The Bertz CT molecular complexity index is 1730. The molecule has 1 aliphatic carbocycles. The van der Waals surface area contributed by atoms with Crippen LogP contribution in [0, 0.1) is 11.3 Å². The lowest BCUT2D eigenvalue weighted by molar-refractivity contribution is -0.169. The lowest BCUT2D eigenvalue weighted by Crippen LogP contribution is -2.46. The molecule has 3 aromatic rings. The highest BCUT2D eigenvalue weighted by Gasteiger charge is 2.62. The molecule has 1 aliphatic heterocycles. The molecule has 5 rings (SSSR count). The molecule has 0 spiro atoms. The zero-order valence-corrected chi connectivity index (χ0v) is 27.5. The van der Waals surface area contributed by atoms with Gasteiger partial charge in [0.05, 0.1) is 12.3 Å². The van der Waals surface area contributed by atoms with E-state index in [2.05, 4.69) is 21.2 Å². The van der Waals surface area contributed by atoms with E-state index in [4.69, 9.17) is 33.7 Å². The quantitative estimate of drug-likeness (QED) is 0.141. The monoisotopic (exact) mass is 684 g/mol. The van der Waals surface area contributed by atoms with Crippen LogP contribution in [0.2, 0.25) is 0 Å². The second-order valence-electron chi connectivity index (χ2n) is 11.3. The third-order valence-electron chi connectivity index (χ3n) is 7.95. The molecule has 1 saturated carbocycles. The maximum absolute atomic E-state index is 14.3. The van der Waals surface area contributed by atoms with Crippen LogP contribution < -0.4 is 15.3 Å². The fraction of sp³-hybridized carbons (Fsp3) is 0.484. The molecule has 1 unspecified atom stereocenters. The zero-order valence-electron chi connectivity index (χ0n) is 26.6. The van der Waals surface area contributed by atoms with Crippen molar-refractivity contribution in [3.63, 3.8) is 0 Å². The van der Waals surface area contributed by atoms with E-state index in [1.54, 1.807) is 50.2 Å². The van der Waals surface area contributed by atoms with Gasteiger partial charge in [0.15, 0.2) is 18.0 Å². The SMILES string of the molecule is CCC(=O)O[C@H]1[C@@H](OC(=O)CC)[C@](C#N)(c2ccc3c(N)ncnn23)O[C@@H]1COP(=O)(N[C@@H](C)C(=O)OC1CCC1)Oc1ccccc1. The number of fused-ring (bicyclic) bond motifs is 1. The molecule has 0 amide bonds. The van der Waals surface area contributed by atoms with Crippen LogP contribution in [0.15, 0.2) is 48.8 Å². The molecule has 2 aromatic heterocycles. The summed E-state index contributed by atoms with van der Waals surface area (Å²) in [7, 11) is -4.42. The summed E-state index contributed by atoms with van der Waals surface area (Å²) in [5, 5.41) is 17.5. The highest BCUT2D eigenvalue weighted by atomic mass is 31.2. The largest absolute Gasteiger partial charge is 0.461 e. The molecule has 256 valence electrons. The van der Waals surface area contributed by atoms with Crippen molar-refractivity contribution in [2.75, 3.05) is 12.3 Å². The Kier molecular flexibility index (Phi) is 10.6. The molecular formula is C31H37N6O10P. The van der Waals surface area contributed by atoms with Crippen LogP contribution in [0.3, 0.4) is 0 Å². The molecule has 1 saturated heterocycles. The number of nitriles is 1. The smallest absolute Gasteiger partial charge is 0.459 e. The Labute approximate surface area is 276 Å². The molecule has 1 aromatic carbocycles. The van der Waals surface area contributed by atoms with E-state index in [0.29, 0.717) is 5.52 Å². The van der Waals surface area contributed by atoms with Gasteiger partial charge in [-0.15, -0.1) is 0 Å². The predicted octanol–water partition coefficient (Wildman–Crippen LogP) is 3.35. The van der Waals surface area contributed by atoms with Crippen molar-refractivity contribution in [2.45, 2.75) is 88.9 Å². The molecule has 48 heavy (non-hydrogen) atoms. The van der Waals surface area contributed by atoms with E-state index in [9.17, 15) is 24.2 Å². The summed E-state index contributed by atoms with van der Waals surface area (Å²) >= 11 is 0. The highest BCUT2D eigenvalue weighted by molar-refractivity contribution is 7.52. The predicted molar refractivity (Wildman–Crippen MR) is 167 cm³/mol. The Morgan fingerprint density at radius 3 is 2.48 bits per heavy atom. The number of carbonyl (C=O) groups is 3. The average Bonchev–Trinajstić information content (AvgIpc) is 3.62. The number of aromatic nitrogens is 3. The summed E-state index contributed by atoms with van der Waals surface area (Å²) in [6.07, 6.45) is -1.07. The number of nitrogens with zero attached hydrogens (tertiary/aromatic N) is 4. The fourth-order valence-corrected chi connectivity index (χ4v) is 6.69. The van der Waals surface area contributed by atoms with Gasteiger partial charge < -0.3 is 29.2 Å². The van der Waals surface area contributed by atoms with Gasteiger partial charge in [0.25, 0.3) is 0 Å². The first-order chi connectivity index (χ1) is 23.0. The van der Waals surface area contributed by atoms with Crippen LogP contribution in [-0.4, -0.2) is 69.6 Å². The highest BCUT2D eigenvalue weighted by Crippen LogP contribution is 2.48. The number of carbonyl (C=O) groups excluding carboxylic acids is 3. The van der Waals surface area contributed by atoms with Gasteiger partial charge in [0, 0.05) is 12.8 Å². The van der Waals surface area contributed by atoms with Crippen molar-refractivity contribution in [1.29, 1.82) is 5.26 Å². The maximum Gasteiger partial charge on any atom is 0.459 e. The van der Waals surface area contributed by atoms with Crippen LogP contribution in [0.1, 0.15) is 58.6 Å². The van der Waals surface area contributed by atoms with Crippen molar-refractivity contribution < 1.29 is 46.9 Å². The summed E-state index contributed by atoms with van der Waals surface area (Å²) < 4.78 is 50.5. The van der Waals surface area contributed by atoms with E-state index in [0.717, 1.165) is 19.3 Å². The van der Waals surface area contributed by atoms with E-state index < -0.39 is 62.2 Å². The first-order valence-corrected chi connectivity index (χ1v) is 17.1. The van der Waals surface area contributed by atoms with Crippen molar-refractivity contribution in [2.24, 2.45) is 0 Å². The Balaban J connectivity index is 1.50. The summed E-state index contributed by atoms with van der Waals surface area (Å²) in [4.78, 5) is 42.2. The number of benzene rings is 1. The molecule has 17 heteroatoms. The van der Waals surface area contributed by atoms with Gasteiger partial charge in [-0.1, -0.05) is 32.0 Å². The van der Waals surface area contributed by atoms with Crippen LogP contribution >= 0.6 is 7.75 Å². The Hall–Kier alpha value is -4.55. The lowest BCUT2D eigenvalue weighted by atomic mass is 9.92. The van der Waals surface area contributed by atoms with E-state index in [1.165, 1.54) is 23.8 Å². The van der Waals surface area contributed by atoms with Crippen molar-refractivity contribution in [3.05, 3.63) is 54.5 Å². The number of rotatable bonds is 14. The second-order valence-corrected chi connectivity index (χ2v) is 13.0. The van der Waals surface area contributed by atoms with E-state index in [1.807, 2.05) is 0 Å². The molecule has 2 aliphatic rings. The normalized spacial score (nSPS) is 24.1. The van der Waals surface area contributed by atoms with Crippen molar-refractivity contribution in [1.82, 2.24) is 19.7 Å². The van der Waals surface area contributed by atoms with Gasteiger partial charge in [-0.05, 0) is 50.5 Å². The first-order valence-electron chi connectivity index (χ1n) is 15.6. The van der Waals surface area contributed by atoms with Crippen LogP contribution in [0.4, 0.5) is 5.82 Å². The summed E-state index contributed by atoms with van der Waals surface area (Å²) in [6.45, 7) is 3.95. The average molecular weight is 685 g/mol. The van der Waals surface area contributed by atoms with Gasteiger partial charge >= 0.3 is 25.7 Å². The first kappa shape index (κ1) is 34.8. The molecule has 3 heterocycles. The van der Waals surface area contributed by atoms with Gasteiger partial charge in [-0.2, -0.15) is 15.4 Å². The molecule has 6 atom stereocenters. The molecule has 0 radical (unpaired) electrons. The number of esters is 3. The zero-order chi connectivity index (χ0) is 34.5. The molecule has 3 N–H and O–H groups in total. The third-order valence-corrected chi connectivity index (χ3v) is 9.60. The number of ether oxygens (including phenoxy) is 4. The van der Waals surface area contributed by atoms with E-state index in [-0.39, 0.29) is 36.2 Å². The number of anilines is 1. The standard InChI is InChI=1S/C31H37N6O10P/c1-4-25(38)44-27-23(16-42-48(41,47-21-10-7-6-8-11-21)36-19(3)30(40)43-20-12-9-13-20)46-31(17-32,28(27)45-26(39)5-2)24-15-14-22-29(33)34-18-35-37(22)24/h6-8,10-11,14-15,18-20,23,27-28H,4-5,9,12-13,16H2,1-3H3,(H,36,41)(H2,33,34,35)/t19-,23+,27+,28+,31-,48?/m0/s1. The second kappa shape index (κ2) is 14.7. The Morgan fingerprint density at radius 1 is 1.12 bits per heavy atom. The Morgan fingerprint density at radius 2 is 1.83 bits per heavy atom. The summed E-state index contributed by atoms with van der Waals surface area (Å²) in [5.74, 6) is -1.79. The number of para-hydroxylation sites is 1. The minimum atomic E-state index is -4.42. The van der Waals surface area contributed by atoms with Crippen LogP contribution in [0.5, 0.6) is 5.75 Å². The molecular weight excluding hydrogens is 647 g/mol. The number of nitrogen functional groups attached to an aromatic ring is 1. The number of nitrogens with two attached hydrogens (primary N) is 1. The summed E-state index contributed by atoms with van der Waals surface area (Å²) in [5.41, 5.74) is 4.34. The van der Waals surface area contributed by atoms with Crippen LogP contribution in [0.25, 0.3) is 5.52 Å². The van der Waals surface area contributed by atoms with Gasteiger partial charge in [-0.25, -0.2) is 14.1 Å². The fourth-order valence-electron chi connectivity index (χ4n) is 5.19. The van der Waals surface area contributed by atoms with Crippen molar-refractivity contribution in [3.8, 4) is 11.8 Å². The maximum atomic E-state index is 14.3. The lowest BCUT2D eigenvalue weighted by Gasteiger charge is -2.29. The van der Waals surface area contributed by atoms with Crippen LogP contribution in [-0.2, 0) is 48.0 Å². The molecule has 0 bridgehead atoms. The number of nitrogens with one attached hydrogen (secondary N) is 1. The topological polar surface area (TPSA) is 216 Å². The minimum Gasteiger partial charge on any atom is -0.461 e. The minimum absolute atomic E-state index is 0.0618. The number of hydrogen-bond donors (Lipinski definition) is 2. The van der Waals surface area contributed by atoms with E-state index >= 15 is 0 Å². The molecule has 16 nitrogen and oxygen atoms in total. The number of hydrogen-bond acceptors (Lipinski definition) is 14. The van der Waals surface area contributed by atoms with Gasteiger partial charge in [0.1, 0.15) is 41.9 Å². The van der Waals surface area contributed by atoms with Gasteiger partial charge in [-0.3, -0.25) is 18.9 Å². The summed E-state index contributed by atoms with van der Waals surface area (Å²) in [6, 6.07) is 12.1.